The Morgan fingerprint density at radius 3 is 2.66 bits per heavy atom. The second-order valence-electron chi connectivity index (χ2n) is 8.12. The maximum atomic E-state index is 13.2. The molecule has 2 N–H and O–H groups in total. The fourth-order valence-electron chi connectivity index (χ4n) is 3.57. The van der Waals surface area contributed by atoms with E-state index in [9.17, 15) is 14.4 Å². The zero-order valence-corrected chi connectivity index (χ0v) is 17.5. The molecule has 2 heterocycles. The average Bonchev–Trinajstić information content (AvgIpc) is 2.93. The minimum absolute atomic E-state index is 0.0888. The van der Waals surface area contributed by atoms with Gasteiger partial charge in [-0.25, -0.2) is 4.79 Å². The summed E-state index contributed by atoms with van der Waals surface area (Å²) in [6.45, 7) is 9.67. The molecule has 0 bridgehead atoms. The molecule has 29 heavy (non-hydrogen) atoms. The summed E-state index contributed by atoms with van der Waals surface area (Å²) in [6.07, 6.45) is 1.60. The van der Waals surface area contributed by atoms with Crippen LogP contribution in [0.3, 0.4) is 0 Å². The van der Waals surface area contributed by atoms with Crippen LogP contribution in [-0.2, 0) is 9.59 Å². The second-order valence-corrected chi connectivity index (χ2v) is 8.53. The number of nitrogens with one attached hydrogen (secondary N) is 2. The van der Waals surface area contributed by atoms with Crippen molar-refractivity contribution in [2.24, 2.45) is 0 Å². The van der Waals surface area contributed by atoms with Gasteiger partial charge in [0.05, 0.1) is 23.9 Å². The number of carbonyl (C=O) groups excluding carboxylic acids is 3. The Hall–Kier alpha value is -2.80. The van der Waals surface area contributed by atoms with E-state index in [1.807, 2.05) is 20.8 Å². The zero-order chi connectivity index (χ0) is 21.3. The van der Waals surface area contributed by atoms with Crippen molar-refractivity contribution in [1.82, 2.24) is 20.4 Å². The first-order chi connectivity index (χ1) is 13.6. The van der Waals surface area contributed by atoms with Gasteiger partial charge in [0.25, 0.3) is 5.91 Å². The van der Waals surface area contributed by atoms with E-state index in [-0.39, 0.29) is 37.5 Å². The molecule has 0 spiro atoms. The van der Waals surface area contributed by atoms with Gasteiger partial charge in [0.15, 0.2) is 0 Å². The molecule has 0 saturated heterocycles. The van der Waals surface area contributed by atoms with Crippen molar-refractivity contribution in [3.05, 3.63) is 58.8 Å². The molecule has 154 valence electrons. The molecule has 0 fully saturated rings. The lowest BCUT2D eigenvalue weighted by Gasteiger charge is -2.33. The van der Waals surface area contributed by atoms with Crippen LogP contribution < -0.4 is 10.6 Å². The molecule has 1 aromatic carbocycles. The highest BCUT2D eigenvalue weighted by molar-refractivity contribution is 6.31. The average molecular weight is 417 g/mol. The Balaban J connectivity index is 1.95. The largest absolute Gasteiger partial charge is 0.350 e. The third kappa shape index (κ3) is 4.29. The number of benzene rings is 1. The topological polar surface area (TPSA) is 81.8 Å². The number of carbonyl (C=O) groups is 3. The third-order valence-electron chi connectivity index (χ3n) is 4.67. The first kappa shape index (κ1) is 20.9. The van der Waals surface area contributed by atoms with Gasteiger partial charge in [0.2, 0.25) is 5.91 Å². The van der Waals surface area contributed by atoms with Crippen LogP contribution in [0.2, 0.25) is 5.02 Å². The summed E-state index contributed by atoms with van der Waals surface area (Å²) in [5.41, 5.74) is 1.25. The van der Waals surface area contributed by atoms with Crippen LogP contribution in [0, 0.1) is 0 Å². The summed E-state index contributed by atoms with van der Waals surface area (Å²) >= 11 is 6.34. The number of rotatable bonds is 5. The molecule has 0 saturated carbocycles. The molecule has 2 aliphatic rings. The highest BCUT2D eigenvalue weighted by atomic mass is 35.5. The maximum absolute atomic E-state index is 13.2. The molecular weight excluding hydrogens is 392 g/mol. The Bertz CT molecular complexity index is 903. The third-order valence-corrected chi connectivity index (χ3v) is 5.02. The van der Waals surface area contributed by atoms with Gasteiger partial charge in [0, 0.05) is 17.1 Å². The van der Waals surface area contributed by atoms with E-state index in [0.29, 0.717) is 21.9 Å². The van der Waals surface area contributed by atoms with Gasteiger partial charge in [-0.05, 0) is 32.4 Å². The summed E-state index contributed by atoms with van der Waals surface area (Å²) in [5.74, 6) is -0.544. The molecule has 4 amide bonds. The van der Waals surface area contributed by atoms with E-state index >= 15 is 0 Å². The van der Waals surface area contributed by atoms with Gasteiger partial charge in [-0.2, -0.15) is 0 Å². The number of hydrogen-bond donors (Lipinski definition) is 2. The minimum Gasteiger partial charge on any atom is -0.350 e. The van der Waals surface area contributed by atoms with E-state index in [4.69, 9.17) is 11.6 Å². The van der Waals surface area contributed by atoms with E-state index in [2.05, 4.69) is 17.2 Å². The minimum atomic E-state index is -0.671. The summed E-state index contributed by atoms with van der Waals surface area (Å²) in [6, 6.07) is 6.09. The SMILES string of the molecule is C=CCN1C(=O)N[C@H](c2ccccc2Cl)C2=C1CN(CC(=O)NC(C)(C)C)C2=O. The number of hydrogen-bond acceptors (Lipinski definition) is 3. The predicted molar refractivity (Wildman–Crippen MR) is 111 cm³/mol. The fourth-order valence-corrected chi connectivity index (χ4v) is 3.82. The van der Waals surface area contributed by atoms with E-state index in [1.165, 1.54) is 9.80 Å². The number of amides is 4. The van der Waals surface area contributed by atoms with Crippen LogP contribution in [0.15, 0.2) is 48.2 Å². The standard InChI is InChI=1S/C21H25ClN4O3/c1-5-10-26-15-11-25(12-16(27)24-21(2,3)4)19(28)17(15)18(23-20(26)29)13-8-6-7-9-14(13)22/h5-9,18H,1,10-12H2,2-4H3,(H,23,29)(H,24,27)/t18-/m1/s1. The molecule has 8 heteroatoms. The van der Waals surface area contributed by atoms with Gasteiger partial charge in [-0.1, -0.05) is 35.9 Å². The van der Waals surface area contributed by atoms with Crippen molar-refractivity contribution in [2.45, 2.75) is 32.4 Å². The van der Waals surface area contributed by atoms with Gasteiger partial charge in [0.1, 0.15) is 6.54 Å². The Morgan fingerprint density at radius 2 is 2.03 bits per heavy atom. The molecule has 1 atom stereocenters. The summed E-state index contributed by atoms with van der Waals surface area (Å²) in [7, 11) is 0. The fraction of sp³-hybridized carbons (Fsp3) is 0.381. The van der Waals surface area contributed by atoms with Crippen molar-refractivity contribution in [1.29, 1.82) is 0 Å². The second kappa shape index (κ2) is 7.91. The van der Waals surface area contributed by atoms with Crippen molar-refractivity contribution in [2.75, 3.05) is 19.6 Å². The monoisotopic (exact) mass is 416 g/mol. The molecule has 0 unspecified atom stereocenters. The normalized spacial score (nSPS) is 19.2. The van der Waals surface area contributed by atoms with Crippen LogP contribution in [0.4, 0.5) is 4.79 Å². The smallest absolute Gasteiger partial charge is 0.322 e. The molecule has 0 aromatic heterocycles. The first-order valence-corrected chi connectivity index (χ1v) is 9.77. The zero-order valence-electron chi connectivity index (χ0n) is 16.8. The number of nitrogens with zero attached hydrogens (tertiary/aromatic N) is 2. The molecule has 0 aliphatic carbocycles. The first-order valence-electron chi connectivity index (χ1n) is 9.39. The molecule has 2 aliphatic heterocycles. The van der Waals surface area contributed by atoms with E-state index < -0.39 is 11.6 Å². The van der Waals surface area contributed by atoms with Crippen LogP contribution >= 0.6 is 11.6 Å². The van der Waals surface area contributed by atoms with Gasteiger partial charge < -0.3 is 15.5 Å². The molecule has 1 aromatic rings. The summed E-state index contributed by atoms with van der Waals surface area (Å²) in [5, 5.41) is 6.19. The molecule has 0 radical (unpaired) electrons. The van der Waals surface area contributed by atoms with Gasteiger partial charge in [-0.3, -0.25) is 14.5 Å². The van der Waals surface area contributed by atoms with Gasteiger partial charge in [-0.15, -0.1) is 6.58 Å². The van der Waals surface area contributed by atoms with Gasteiger partial charge >= 0.3 is 6.03 Å². The Morgan fingerprint density at radius 1 is 1.34 bits per heavy atom. The van der Waals surface area contributed by atoms with Crippen molar-refractivity contribution >= 4 is 29.4 Å². The number of halogens is 1. The highest BCUT2D eigenvalue weighted by Crippen LogP contribution is 2.38. The number of urea groups is 1. The van der Waals surface area contributed by atoms with Crippen molar-refractivity contribution in [3.63, 3.8) is 0 Å². The summed E-state index contributed by atoms with van der Waals surface area (Å²) in [4.78, 5) is 41.3. The Kier molecular flexibility index (Phi) is 5.71. The van der Waals surface area contributed by atoms with Crippen LogP contribution in [0.1, 0.15) is 32.4 Å². The van der Waals surface area contributed by atoms with E-state index in [0.717, 1.165) is 0 Å². The lowest BCUT2D eigenvalue weighted by Crippen LogP contribution is -2.47. The molecule has 3 rings (SSSR count). The highest BCUT2D eigenvalue weighted by Gasteiger charge is 2.44. The predicted octanol–water partition coefficient (Wildman–Crippen LogP) is 2.60. The molecule has 7 nitrogen and oxygen atoms in total. The maximum Gasteiger partial charge on any atom is 0.322 e. The van der Waals surface area contributed by atoms with Crippen LogP contribution in [0.25, 0.3) is 0 Å². The van der Waals surface area contributed by atoms with Crippen LogP contribution in [-0.4, -0.2) is 52.8 Å². The van der Waals surface area contributed by atoms with Crippen LogP contribution in [0.5, 0.6) is 0 Å². The van der Waals surface area contributed by atoms with E-state index in [1.54, 1.807) is 30.3 Å². The quantitative estimate of drug-likeness (QED) is 0.724. The molecular formula is C21H25ClN4O3. The van der Waals surface area contributed by atoms with Crippen molar-refractivity contribution in [3.8, 4) is 0 Å². The Labute approximate surface area is 175 Å². The lowest BCUT2D eigenvalue weighted by atomic mass is 9.95. The van der Waals surface area contributed by atoms with Crippen molar-refractivity contribution < 1.29 is 14.4 Å². The lowest BCUT2D eigenvalue weighted by molar-refractivity contribution is -0.132. The summed E-state index contributed by atoms with van der Waals surface area (Å²) < 4.78 is 0.